The van der Waals surface area contributed by atoms with Crippen LogP contribution in [-0.4, -0.2) is 12.1 Å². The predicted molar refractivity (Wildman–Crippen MR) is 170 cm³/mol. The molecular formula is C38H66O2. The molecule has 0 radical (unpaired) electrons. The fourth-order valence-electron chi connectivity index (χ4n) is 10.4. The molecule has 0 aliphatic heterocycles. The lowest BCUT2D eigenvalue weighted by Gasteiger charge is -2.58. The largest absolute Gasteiger partial charge is 0.462 e. The van der Waals surface area contributed by atoms with Crippen LogP contribution in [0.1, 0.15) is 170 Å². The van der Waals surface area contributed by atoms with Gasteiger partial charge in [-0.15, -0.1) is 0 Å². The zero-order valence-electron chi connectivity index (χ0n) is 27.6. The van der Waals surface area contributed by atoms with E-state index in [1.807, 2.05) is 0 Å². The van der Waals surface area contributed by atoms with Gasteiger partial charge >= 0.3 is 5.97 Å². The smallest absolute Gasteiger partial charge is 0.306 e. The molecule has 0 aromatic carbocycles. The van der Waals surface area contributed by atoms with E-state index in [0.29, 0.717) is 17.3 Å². The van der Waals surface area contributed by atoms with Gasteiger partial charge in [0.1, 0.15) is 6.10 Å². The Hall–Kier alpha value is -0.790. The van der Waals surface area contributed by atoms with Crippen molar-refractivity contribution in [1.29, 1.82) is 0 Å². The van der Waals surface area contributed by atoms with Gasteiger partial charge in [-0.05, 0) is 97.7 Å². The van der Waals surface area contributed by atoms with E-state index < -0.39 is 0 Å². The molecule has 4 aliphatic rings. The molecule has 0 heterocycles. The standard InChI is InChI=1S/C38H66O2/c1-7-8-9-10-11-12-13-14-18-36(39)40-31-23-25-37(5)30(27-31)19-20-32-34-22-21-33(29(4)17-15-16-28(2)3)38(34,6)26-24-35(32)37/h19,28-29,31-35H,7-18,20-27H2,1-6H3. The summed E-state index contributed by atoms with van der Waals surface area (Å²) in [5.41, 5.74) is 2.54. The van der Waals surface area contributed by atoms with Crippen LogP contribution in [0, 0.1) is 46.3 Å². The number of hydrogen-bond acceptors (Lipinski definition) is 2. The van der Waals surface area contributed by atoms with E-state index in [2.05, 4.69) is 47.6 Å². The molecule has 8 atom stereocenters. The number of fused-ring (bicyclic) bond motifs is 5. The zero-order valence-corrected chi connectivity index (χ0v) is 27.6. The summed E-state index contributed by atoms with van der Waals surface area (Å²) in [4.78, 5) is 12.7. The van der Waals surface area contributed by atoms with Crippen LogP contribution >= 0.6 is 0 Å². The maximum Gasteiger partial charge on any atom is 0.306 e. The normalized spacial score (nSPS) is 36.0. The highest BCUT2D eigenvalue weighted by Crippen LogP contribution is 2.67. The topological polar surface area (TPSA) is 26.3 Å². The first-order valence-corrected chi connectivity index (χ1v) is 18.1. The Balaban J connectivity index is 1.26. The number of carbonyl (C=O) groups excluding carboxylic acids is 1. The molecule has 0 aromatic heterocycles. The molecule has 230 valence electrons. The fraction of sp³-hybridized carbons (Fsp3) is 0.921. The molecule has 3 fully saturated rings. The fourth-order valence-corrected chi connectivity index (χ4v) is 10.4. The van der Waals surface area contributed by atoms with Gasteiger partial charge in [-0.1, -0.05) is 117 Å². The van der Waals surface area contributed by atoms with E-state index in [1.54, 1.807) is 5.57 Å². The van der Waals surface area contributed by atoms with Crippen LogP contribution in [0.5, 0.6) is 0 Å². The van der Waals surface area contributed by atoms with Crippen LogP contribution in [0.15, 0.2) is 11.6 Å². The third kappa shape index (κ3) is 7.40. The van der Waals surface area contributed by atoms with E-state index in [9.17, 15) is 4.79 Å². The zero-order chi connectivity index (χ0) is 28.8. The lowest BCUT2D eigenvalue weighted by atomic mass is 9.47. The second-order valence-corrected chi connectivity index (χ2v) is 15.9. The van der Waals surface area contributed by atoms with Crippen molar-refractivity contribution in [3.63, 3.8) is 0 Å². The van der Waals surface area contributed by atoms with Gasteiger partial charge in [-0.2, -0.15) is 0 Å². The van der Waals surface area contributed by atoms with E-state index in [-0.39, 0.29) is 12.1 Å². The minimum Gasteiger partial charge on any atom is -0.462 e. The van der Waals surface area contributed by atoms with E-state index in [4.69, 9.17) is 4.74 Å². The highest BCUT2D eigenvalue weighted by molar-refractivity contribution is 5.69. The molecule has 2 heteroatoms. The summed E-state index contributed by atoms with van der Waals surface area (Å²) in [7, 11) is 0. The van der Waals surface area contributed by atoms with Crippen LogP contribution in [0.25, 0.3) is 0 Å². The van der Waals surface area contributed by atoms with E-state index in [1.165, 1.54) is 103 Å². The van der Waals surface area contributed by atoms with Crippen LogP contribution in [0.4, 0.5) is 0 Å². The van der Waals surface area contributed by atoms with Crippen LogP contribution < -0.4 is 0 Å². The summed E-state index contributed by atoms with van der Waals surface area (Å²) < 4.78 is 6.07. The molecular weight excluding hydrogens is 488 g/mol. The number of carbonyl (C=O) groups is 1. The lowest BCUT2D eigenvalue weighted by Crippen LogP contribution is -2.51. The summed E-state index contributed by atoms with van der Waals surface area (Å²) >= 11 is 0. The third-order valence-electron chi connectivity index (χ3n) is 12.8. The van der Waals surface area contributed by atoms with Gasteiger partial charge in [0, 0.05) is 12.8 Å². The second-order valence-electron chi connectivity index (χ2n) is 15.9. The summed E-state index contributed by atoms with van der Waals surface area (Å²) in [6, 6.07) is 0. The van der Waals surface area contributed by atoms with Gasteiger partial charge in [0.15, 0.2) is 0 Å². The lowest BCUT2D eigenvalue weighted by molar-refractivity contribution is -0.151. The molecule has 3 saturated carbocycles. The van der Waals surface area contributed by atoms with Gasteiger partial charge < -0.3 is 4.74 Å². The van der Waals surface area contributed by atoms with Crippen molar-refractivity contribution in [3.05, 3.63) is 11.6 Å². The molecule has 0 aromatic rings. The maximum absolute atomic E-state index is 12.7. The van der Waals surface area contributed by atoms with Crippen molar-refractivity contribution in [2.24, 2.45) is 46.3 Å². The Morgan fingerprint density at radius 2 is 1.60 bits per heavy atom. The van der Waals surface area contributed by atoms with Crippen LogP contribution in [0.2, 0.25) is 0 Å². The Morgan fingerprint density at radius 1 is 0.875 bits per heavy atom. The SMILES string of the molecule is CCCCCCCCCCC(=O)OC1CCC2(C)C(=CCC3C2CCC2(C)C(C(C)CCCC(C)C)CCC32)C1. The highest BCUT2D eigenvalue weighted by Gasteiger charge is 2.59. The van der Waals surface area contributed by atoms with Gasteiger partial charge in [0.25, 0.3) is 0 Å². The molecule has 0 saturated heterocycles. The molecule has 8 unspecified atom stereocenters. The molecule has 4 rings (SSSR count). The number of hydrogen-bond donors (Lipinski definition) is 0. The third-order valence-corrected chi connectivity index (χ3v) is 12.8. The molecule has 0 amide bonds. The second kappa shape index (κ2) is 14.6. The minimum atomic E-state index is 0.0572. The minimum absolute atomic E-state index is 0.0572. The van der Waals surface area contributed by atoms with Crippen molar-refractivity contribution in [3.8, 4) is 0 Å². The van der Waals surface area contributed by atoms with Crippen molar-refractivity contribution in [2.45, 2.75) is 176 Å². The molecule has 0 N–H and O–H groups in total. The highest BCUT2D eigenvalue weighted by atomic mass is 16.5. The van der Waals surface area contributed by atoms with Crippen molar-refractivity contribution in [2.75, 3.05) is 0 Å². The predicted octanol–water partition coefficient (Wildman–Crippen LogP) is 11.5. The van der Waals surface area contributed by atoms with Gasteiger partial charge in [0.2, 0.25) is 0 Å². The summed E-state index contributed by atoms with van der Waals surface area (Å²) in [6.45, 7) is 14.9. The first-order valence-electron chi connectivity index (χ1n) is 18.1. The molecule has 0 spiro atoms. The van der Waals surface area contributed by atoms with Crippen molar-refractivity contribution >= 4 is 5.97 Å². The molecule has 4 aliphatic carbocycles. The molecule has 2 nitrogen and oxygen atoms in total. The Labute approximate surface area is 249 Å². The van der Waals surface area contributed by atoms with E-state index in [0.717, 1.165) is 54.8 Å². The summed E-state index contributed by atoms with van der Waals surface area (Å²) in [5.74, 6) is 5.34. The van der Waals surface area contributed by atoms with Crippen molar-refractivity contribution in [1.82, 2.24) is 0 Å². The van der Waals surface area contributed by atoms with Crippen LogP contribution in [0.3, 0.4) is 0 Å². The summed E-state index contributed by atoms with van der Waals surface area (Å²) in [6.07, 6.45) is 28.1. The number of allylic oxidation sites excluding steroid dienone is 1. The molecule has 40 heavy (non-hydrogen) atoms. The number of rotatable bonds is 15. The maximum atomic E-state index is 12.7. The average molecular weight is 555 g/mol. The monoisotopic (exact) mass is 555 g/mol. The Kier molecular flexibility index (Phi) is 11.7. The van der Waals surface area contributed by atoms with Gasteiger partial charge in [0.05, 0.1) is 0 Å². The van der Waals surface area contributed by atoms with Crippen LogP contribution in [-0.2, 0) is 9.53 Å². The summed E-state index contributed by atoms with van der Waals surface area (Å²) in [5, 5.41) is 0. The Morgan fingerprint density at radius 3 is 2.33 bits per heavy atom. The number of ether oxygens (including phenoxy) is 1. The number of unbranched alkanes of at least 4 members (excludes halogenated alkanes) is 7. The van der Waals surface area contributed by atoms with Crippen molar-refractivity contribution < 1.29 is 9.53 Å². The van der Waals surface area contributed by atoms with E-state index >= 15 is 0 Å². The quantitative estimate of drug-likeness (QED) is 0.114. The molecule has 0 bridgehead atoms. The Bertz CT molecular complexity index is 827. The first kappa shape index (κ1) is 32.1. The first-order chi connectivity index (χ1) is 19.2. The number of esters is 1. The van der Waals surface area contributed by atoms with Gasteiger partial charge in [-0.25, -0.2) is 0 Å². The average Bonchev–Trinajstić information content (AvgIpc) is 3.27. The van der Waals surface area contributed by atoms with Gasteiger partial charge in [-0.3, -0.25) is 4.79 Å².